The SMILES string of the molecule is Cc1cc(C(=O)N(CCN2CCCC2)Cc2cccc3c2OCO3)n(C)n1. The molecule has 27 heavy (non-hydrogen) atoms. The Morgan fingerprint density at radius 1 is 1.26 bits per heavy atom. The second kappa shape index (κ2) is 7.60. The molecule has 1 aromatic heterocycles. The van der Waals surface area contributed by atoms with Gasteiger partial charge in [0.25, 0.3) is 5.91 Å². The molecule has 0 saturated carbocycles. The van der Waals surface area contributed by atoms with Crippen molar-refractivity contribution in [1.29, 1.82) is 0 Å². The minimum atomic E-state index is -0.00573. The van der Waals surface area contributed by atoms with E-state index in [1.165, 1.54) is 12.8 Å². The number of benzene rings is 1. The van der Waals surface area contributed by atoms with Gasteiger partial charge in [-0.15, -0.1) is 0 Å². The summed E-state index contributed by atoms with van der Waals surface area (Å²) >= 11 is 0. The molecule has 0 bridgehead atoms. The van der Waals surface area contributed by atoms with E-state index < -0.39 is 0 Å². The number of nitrogens with zero attached hydrogens (tertiary/aromatic N) is 4. The van der Waals surface area contributed by atoms with Gasteiger partial charge in [-0.2, -0.15) is 5.10 Å². The van der Waals surface area contributed by atoms with Crippen molar-refractivity contribution >= 4 is 5.91 Å². The van der Waals surface area contributed by atoms with E-state index in [1.807, 2.05) is 43.1 Å². The van der Waals surface area contributed by atoms with Gasteiger partial charge < -0.3 is 19.3 Å². The van der Waals surface area contributed by atoms with Crippen molar-refractivity contribution in [2.45, 2.75) is 26.3 Å². The molecule has 2 aromatic rings. The smallest absolute Gasteiger partial charge is 0.272 e. The van der Waals surface area contributed by atoms with Crippen molar-refractivity contribution in [3.05, 3.63) is 41.2 Å². The number of fused-ring (bicyclic) bond motifs is 1. The van der Waals surface area contributed by atoms with Crippen LogP contribution in [0.5, 0.6) is 11.5 Å². The lowest BCUT2D eigenvalue weighted by Crippen LogP contribution is -2.38. The summed E-state index contributed by atoms with van der Waals surface area (Å²) in [6.45, 7) is 6.41. The van der Waals surface area contributed by atoms with Crippen LogP contribution in [0.15, 0.2) is 24.3 Å². The van der Waals surface area contributed by atoms with Crippen molar-refractivity contribution in [2.75, 3.05) is 33.0 Å². The summed E-state index contributed by atoms with van der Waals surface area (Å²) in [7, 11) is 1.82. The molecule has 2 aliphatic heterocycles. The molecular formula is C20H26N4O3. The topological polar surface area (TPSA) is 59.8 Å². The zero-order valence-corrected chi connectivity index (χ0v) is 16.0. The van der Waals surface area contributed by atoms with Crippen LogP contribution < -0.4 is 9.47 Å². The number of aromatic nitrogens is 2. The number of hydrogen-bond donors (Lipinski definition) is 0. The summed E-state index contributed by atoms with van der Waals surface area (Å²) in [6.07, 6.45) is 2.48. The van der Waals surface area contributed by atoms with Crippen molar-refractivity contribution in [3.63, 3.8) is 0 Å². The molecule has 2 aliphatic rings. The number of para-hydroxylation sites is 1. The number of aryl methyl sites for hydroxylation is 2. The zero-order valence-electron chi connectivity index (χ0n) is 16.0. The molecule has 7 heteroatoms. The number of carbonyl (C=O) groups is 1. The number of amides is 1. The molecule has 0 atom stereocenters. The molecule has 1 saturated heterocycles. The van der Waals surface area contributed by atoms with Gasteiger partial charge in [0.1, 0.15) is 5.69 Å². The monoisotopic (exact) mass is 370 g/mol. The predicted molar refractivity (Wildman–Crippen MR) is 101 cm³/mol. The Morgan fingerprint density at radius 3 is 2.81 bits per heavy atom. The van der Waals surface area contributed by atoms with Crippen LogP contribution in [0, 0.1) is 6.92 Å². The average molecular weight is 370 g/mol. The van der Waals surface area contributed by atoms with Gasteiger partial charge in [-0.3, -0.25) is 9.48 Å². The summed E-state index contributed by atoms with van der Waals surface area (Å²) in [6, 6.07) is 7.69. The Hall–Kier alpha value is -2.54. The molecule has 7 nitrogen and oxygen atoms in total. The number of likely N-dealkylation sites (tertiary alicyclic amines) is 1. The Bertz CT molecular complexity index is 827. The van der Waals surface area contributed by atoms with Crippen LogP contribution in [-0.4, -0.2) is 58.5 Å². The van der Waals surface area contributed by atoms with Crippen molar-refractivity contribution in [1.82, 2.24) is 19.6 Å². The lowest BCUT2D eigenvalue weighted by Gasteiger charge is -2.26. The molecule has 4 rings (SSSR count). The maximum absolute atomic E-state index is 13.3. The number of ether oxygens (including phenoxy) is 2. The van der Waals surface area contributed by atoms with Gasteiger partial charge in [0, 0.05) is 32.2 Å². The first kappa shape index (κ1) is 17.9. The molecule has 0 radical (unpaired) electrons. The fourth-order valence-corrected chi connectivity index (χ4v) is 3.81. The molecule has 1 amide bonds. The molecule has 0 unspecified atom stereocenters. The number of hydrogen-bond acceptors (Lipinski definition) is 5. The van der Waals surface area contributed by atoms with Gasteiger partial charge in [0.05, 0.1) is 5.69 Å². The first-order valence-electron chi connectivity index (χ1n) is 9.51. The van der Waals surface area contributed by atoms with E-state index >= 15 is 0 Å². The summed E-state index contributed by atoms with van der Waals surface area (Å²) in [5.41, 5.74) is 2.43. The maximum Gasteiger partial charge on any atom is 0.272 e. The van der Waals surface area contributed by atoms with E-state index in [0.29, 0.717) is 18.8 Å². The van der Waals surface area contributed by atoms with E-state index in [4.69, 9.17) is 9.47 Å². The minimum Gasteiger partial charge on any atom is -0.454 e. The van der Waals surface area contributed by atoms with Crippen molar-refractivity contribution in [3.8, 4) is 11.5 Å². The third-order valence-corrected chi connectivity index (χ3v) is 5.23. The van der Waals surface area contributed by atoms with Crippen LogP contribution >= 0.6 is 0 Å². The summed E-state index contributed by atoms with van der Waals surface area (Å²) in [5.74, 6) is 1.49. The van der Waals surface area contributed by atoms with Crippen LogP contribution in [0.4, 0.5) is 0 Å². The molecule has 0 aliphatic carbocycles. The summed E-state index contributed by atoms with van der Waals surface area (Å²) < 4.78 is 12.8. The van der Waals surface area contributed by atoms with Gasteiger partial charge in [-0.1, -0.05) is 12.1 Å². The lowest BCUT2D eigenvalue weighted by atomic mass is 10.1. The number of carbonyl (C=O) groups excluding carboxylic acids is 1. The van der Waals surface area contributed by atoms with Gasteiger partial charge in [-0.25, -0.2) is 0 Å². The summed E-state index contributed by atoms with van der Waals surface area (Å²) in [4.78, 5) is 17.6. The van der Waals surface area contributed by atoms with Crippen LogP contribution in [0.25, 0.3) is 0 Å². The van der Waals surface area contributed by atoms with Crippen LogP contribution in [0.2, 0.25) is 0 Å². The maximum atomic E-state index is 13.3. The molecule has 144 valence electrons. The fraction of sp³-hybridized carbons (Fsp3) is 0.500. The van der Waals surface area contributed by atoms with Gasteiger partial charge in [0.2, 0.25) is 6.79 Å². The molecule has 1 aromatic carbocycles. The first-order chi connectivity index (χ1) is 13.1. The predicted octanol–water partition coefficient (Wildman–Crippen LogP) is 2.20. The third kappa shape index (κ3) is 3.78. The fourth-order valence-electron chi connectivity index (χ4n) is 3.81. The van der Waals surface area contributed by atoms with Gasteiger partial charge >= 0.3 is 0 Å². The van der Waals surface area contributed by atoms with E-state index in [1.54, 1.807) is 4.68 Å². The molecule has 0 N–H and O–H groups in total. The zero-order chi connectivity index (χ0) is 18.8. The van der Waals surface area contributed by atoms with Crippen LogP contribution in [-0.2, 0) is 13.6 Å². The van der Waals surface area contributed by atoms with E-state index in [0.717, 1.165) is 42.4 Å². The second-order valence-electron chi connectivity index (χ2n) is 7.22. The lowest BCUT2D eigenvalue weighted by molar-refractivity contribution is 0.0714. The van der Waals surface area contributed by atoms with E-state index in [-0.39, 0.29) is 12.7 Å². The largest absolute Gasteiger partial charge is 0.454 e. The summed E-state index contributed by atoms with van der Waals surface area (Å²) in [5, 5.41) is 4.33. The average Bonchev–Trinajstić information content (AvgIpc) is 3.39. The Kier molecular flexibility index (Phi) is 5.03. The quantitative estimate of drug-likeness (QED) is 0.780. The first-order valence-corrected chi connectivity index (χ1v) is 9.51. The Labute approximate surface area is 159 Å². The normalized spacial score (nSPS) is 16.1. The van der Waals surface area contributed by atoms with Crippen LogP contribution in [0.3, 0.4) is 0 Å². The minimum absolute atomic E-state index is 0.00573. The number of rotatable bonds is 6. The van der Waals surface area contributed by atoms with Gasteiger partial charge in [-0.05, 0) is 45.0 Å². The standard InChI is InChI=1S/C20H26N4O3/c1-15-12-17(22(2)21-15)20(25)24(11-10-23-8-3-4-9-23)13-16-6-5-7-18-19(16)27-14-26-18/h5-7,12H,3-4,8-11,13-14H2,1-2H3. The Morgan fingerprint density at radius 2 is 2.07 bits per heavy atom. The van der Waals surface area contributed by atoms with E-state index in [9.17, 15) is 4.79 Å². The highest BCUT2D eigenvalue weighted by molar-refractivity contribution is 5.92. The van der Waals surface area contributed by atoms with Crippen molar-refractivity contribution < 1.29 is 14.3 Å². The molecule has 3 heterocycles. The van der Waals surface area contributed by atoms with Gasteiger partial charge in [0.15, 0.2) is 11.5 Å². The van der Waals surface area contributed by atoms with E-state index in [2.05, 4.69) is 10.00 Å². The Balaban J connectivity index is 1.56. The highest BCUT2D eigenvalue weighted by Crippen LogP contribution is 2.36. The highest BCUT2D eigenvalue weighted by Gasteiger charge is 2.25. The molecule has 1 fully saturated rings. The highest BCUT2D eigenvalue weighted by atomic mass is 16.7. The van der Waals surface area contributed by atoms with Crippen molar-refractivity contribution in [2.24, 2.45) is 7.05 Å². The molecule has 0 spiro atoms. The van der Waals surface area contributed by atoms with Crippen LogP contribution in [0.1, 0.15) is 34.6 Å². The third-order valence-electron chi connectivity index (χ3n) is 5.23. The molecular weight excluding hydrogens is 344 g/mol. The second-order valence-corrected chi connectivity index (χ2v) is 7.22.